The molecule has 2 aliphatic carbocycles. The minimum Gasteiger partial charge on any atom is -0.496 e. The van der Waals surface area contributed by atoms with Crippen molar-refractivity contribution in [2.75, 3.05) is 14.2 Å². The summed E-state index contributed by atoms with van der Waals surface area (Å²) in [7, 11) is 3.87. The number of esters is 2. The molecular formula is C26H31NO5. The van der Waals surface area contributed by atoms with Crippen LogP contribution in [0.25, 0.3) is 0 Å². The van der Waals surface area contributed by atoms with Crippen molar-refractivity contribution < 1.29 is 23.5 Å². The largest absolute Gasteiger partial charge is 0.496 e. The maximum atomic E-state index is 13.4. The molecule has 0 spiro atoms. The Balaban J connectivity index is 1.56. The lowest BCUT2D eigenvalue weighted by molar-refractivity contribution is -0.210. The van der Waals surface area contributed by atoms with Gasteiger partial charge in [0.1, 0.15) is 5.75 Å². The number of rotatable bonds is 4. The van der Waals surface area contributed by atoms with E-state index >= 15 is 0 Å². The Morgan fingerprint density at radius 3 is 2.66 bits per heavy atom. The van der Waals surface area contributed by atoms with Gasteiger partial charge in [0.05, 0.1) is 19.3 Å². The normalized spacial score (nSPS) is 35.3. The monoisotopic (exact) mass is 437 g/mol. The predicted molar refractivity (Wildman–Crippen MR) is 119 cm³/mol. The fourth-order valence-corrected chi connectivity index (χ4v) is 7.36. The van der Waals surface area contributed by atoms with E-state index in [1.54, 1.807) is 13.2 Å². The standard InChI is InChI=1S/C26H31NO5/c1-6-26-15-25(3)17-9-7-10-19(30-5)16(17)13-21(27(26)4)24(25,2)14-18(26)22(28)32-23(29)20-11-8-12-31-20/h7-12,18,21H,6,13-15H2,1-5H3/t18?,21?,24-,25+,26?/m0/s1. The summed E-state index contributed by atoms with van der Waals surface area (Å²) in [5.74, 6) is -0.550. The van der Waals surface area contributed by atoms with Gasteiger partial charge < -0.3 is 13.9 Å². The van der Waals surface area contributed by atoms with Gasteiger partial charge in [-0.15, -0.1) is 0 Å². The number of furan rings is 1. The van der Waals surface area contributed by atoms with Crippen LogP contribution in [-0.2, 0) is 21.4 Å². The molecule has 6 heteroatoms. The van der Waals surface area contributed by atoms with Crippen molar-refractivity contribution in [3.8, 4) is 5.75 Å². The molecule has 4 aliphatic rings. The summed E-state index contributed by atoms with van der Waals surface area (Å²) in [6.07, 6.45) is 4.61. The molecule has 1 aromatic heterocycles. The van der Waals surface area contributed by atoms with Crippen LogP contribution in [0.5, 0.6) is 5.75 Å². The third kappa shape index (κ3) is 2.50. The van der Waals surface area contributed by atoms with E-state index in [9.17, 15) is 9.59 Å². The second-order valence-corrected chi connectivity index (χ2v) is 10.1. The number of likely N-dealkylation sites (N-methyl/N-ethyl adjacent to an activating group) is 1. The molecule has 2 saturated heterocycles. The molecule has 170 valence electrons. The molecule has 3 fully saturated rings. The van der Waals surface area contributed by atoms with Gasteiger partial charge in [0.25, 0.3) is 0 Å². The van der Waals surface area contributed by atoms with Crippen LogP contribution in [0.3, 0.4) is 0 Å². The van der Waals surface area contributed by atoms with E-state index in [0.29, 0.717) is 6.42 Å². The second kappa shape index (κ2) is 6.95. The topological polar surface area (TPSA) is 69.0 Å². The number of piperidine rings is 2. The van der Waals surface area contributed by atoms with Crippen LogP contribution in [0.2, 0.25) is 0 Å². The van der Waals surface area contributed by atoms with Crippen molar-refractivity contribution in [2.24, 2.45) is 11.3 Å². The van der Waals surface area contributed by atoms with E-state index in [1.165, 1.54) is 23.5 Å². The third-order valence-electron chi connectivity index (χ3n) is 9.26. The number of benzene rings is 1. The van der Waals surface area contributed by atoms with Gasteiger partial charge in [0.2, 0.25) is 5.76 Å². The molecule has 1 aromatic carbocycles. The first kappa shape index (κ1) is 21.3. The molecule has 2 aliphatic heterocycles. The first-order chi connectivity index (χ1) is 15.2. The van der Waals surface area contributed by atoms with Crippen molar-refractivity contribution in [3.05, 3.63) is 53.5 Å². The number of hydrogen-bond donors (Lipinski definition) is 0. The van der Waals surface area contributed by atoms with Crippen molar-refractivity contribution in [1.29, 1.82) is 0 Å². The smallest absolute Gasteiger partial charge is 0.381 e. The van der Waals surface area contributed by atoms with Gasteiger partial charge in [-0.25, -0.2) is 4.79 Å². The predicted octanol–water partition coefficient (Wildman–Crippen LogP) is 4.36. The molecule has 6 nitrogen and oxygen atoms in total. The van der Waals surface area contributed by atoms with E-state index in [4.69, 9.17) is 13.9 Å². The number of carbonyl (C=O) groups is 2. The van der Waals surface area contributed by atoms with E-state index < -0.39 is 11.9 Å². The minimum atomic E-state index is -0.720. The molecular weight excluding hydrogens is 406 g/mol. The molecule has 3 unspecified atom stereocenters. The van der Waals surface area contributed by atoms with Gasteiger partial charge in [-0.1, -0.05) is 32.9 Å². The van der Waals surface area contributed by atoms with Gasteiger partial charge in [-0.05, 0) is 67.5 Å². The quantitative estimate of drug-likeness (QED) is 0.523. The zero-order valence-electron chi connectivity index (χ0n) is 19.4. The van der Waals surface area contributed by atoms with Crippen LogP contribution >= 0.6 is 0 Å². The average Bonchev–Trinajstić information content (AvgIpc) is 3.32. The molecule has 0 radical (unpaired) electrons. The highest BCUT2D eigenvalue weighted by Crippen LogP contribution is 2.69. The van der Waals surface area contributed by atoms with Crippen LogP contribution < -0.4 is 4.74 Å². The Labute approximate surface area is 188 Å². The Hall–Kier alpha value is -2.60. The number of fused-ring (bicyclic) bond motifs is 2. The van der Waals surface area contributed by atoms with E-state index in [0.717, 1.165) is 25.0 Å². The Bertz CT molecular complexity index is 1080. The molecule has 4 bridgehead atoms. The number of nitrogens with zero attached hydrogens (tertiary/aromatic N) is 1. The molecule has 2 aromatic rings. The summed E-state index contributed by atoms with van der Waals surface area (Å²) >= 11 is 0. The zero-order chi connectivity index (χ0) is 22.9. The van der Waals surface area contributed by atoms with E-state index in [1.807, 2.05) is 6.07 Å². The summed E-state index contributed by atoms with van der Waals surface area (Å²) in [5.41, 5.74) is 1.99. The lowest BCUT2D eigenvalue weighted by Gasteiger charge is -2.73. The van der Waals surface area contributed by atoms with E-state index in [-0.39, 0.29) is 34.1 Å². The SMILES string of the molecule is CCC12C[C@]3(C)c4cccc(OC)c4CC(N1C)[C@]3(C)CC2C(=O)OC(=O)c1ccco1. The first-order valence-corrected chi connectivity index (χ1v) is 11.4. The highest BCUT2D eigenvalue weighted by molar-refractivity contribution is 5.96. The van der Waals surface area contributed by atoms with Crippen LogP contribution in [0.1, 0.15) is 61.7 Å². The third-order valence-corrected chi connectivity index (χ3v) is 9.26. The Kier molecular flexibility index (Phi) is 4.61. The number of methoxy groups -OCH3 is 1. The van der Waals surface area contributed by atoms with Crippen molar-refractivity contribution in [1.82, 2.24) is 4.90 Å². The van der Waals surface area contributed by atoms with Gasteiger partial charge in [-0.2, -0.15) is 0 Å². The molecule has 0 amide bonds. The average molecular weight is 438 g/mol. The highest BCUT2D eigenvalue weighted by Gasteiger charge is 2.71. The molecule has 6 rings (SSSR count). The van der Waals surface area contributed by atoms with Crippen LogP contribution in [0.15, 0.2) is 41.0 Å². The van der Waals surface area contributed by atoms with Crippen molar-refractivity contribution >= 4 is 11.9 Å². The summed E-state index contributed by atoms with van der Waals surface area (Å²) in [5, 5.41) is 0. The maximum absolute atomic E-state index is 13.4. The number of carbonyl (C=O) groups excluding carboxylic acids is 2. The second-order valence-electron chi connectivity index (χ2n) is 10.1. The fourth-order valence-electron chi connectivity index (χ4n) is 7.36. The van der Waals surface area contributed by atoms with Gasteiger partial charge in [-0.3, -0.25) is 9.69 Å². The van der Waals surface area contributed by atoms with Gasteiger partial charge >= 0.3 is 11.9 Å². The minimum absolute atomic E-state index is 0.0503. The van der Waals surface area contributed by atoms with Crippen LogP contribution in [-0.4, -0.2) is 42.6 Å². The summed E-state index contributed by atoms with van der Waals surface area (Å²) in [4.78, 5) is 28.2. The summed E-state index contributed by atoms with van der Waals surface area (Å²) in [6.45, 7) is 6.80. The maximum Gasteiger partial charge on any atom is 0.381 e. The lowest BCUT2D eigenvalue weighted by atomic mass is 9.39. The Morgan fingerprint density at radius 2 is 2.00 bits per heavy atom. The summed E-state index contributed by atoms with van der Waals surface area (Å²) in [6, 6.07) is 9.75. The van der Waals surface area contributed by atoms with Crippen LogP contribution in [0.4, 0.5) is 0 Å². The fraction of sp³-hybridized carbons (Fsp3) is 0.538. The summed E-state index contributed by atoms with van der Waals surface area (Å²) < 4.78 is 16.2. The van der Waals surface area contributed by atoms with Gasteiger partial charge in [0.15, 0.2) is 0 Å². The van der Waals surface area contributed by atoms with E-state index in [2.05, 4.69) is 44.9 Å². The highest BCUT2D eigenvalue weighted by atomic mass is 16.6. The molecule has 32 heavy (non-hydrogen) atoms. The zero-order valence-corrected chi connectivity index (χ0v) is 19.4. The first-order valence-electron chi connectivity index (χ1n) is 11.4. The molecule has 0 N–H and O–H groups in total. The van der Waals surface area contributed by atoms with Gasteiger partial charge in [0, 0.05) is 17.0 Å². The Morgan fingerprint density at radius 1 is 1.22 bits per heavy atom. The number of hydrogen-bond acceptors (Lipinski definition) is 6. The van der Waals surface area contributed by atoms with Crippen molar-refractivity contribution in [2.45, 2.75) is 63.5 Å². The molecule has 1 saturated carbocycles. The molecule has 5 atom stereocenters. The number of ether oxygens (including phenoxy) is 2. The van der Waals surface area contributed by atoms with Crippen molar-refractivity contribution in [3.63, 3.8) is 0 Å². The van der Waals surface area contributed by atoms with Crippen LogP contribution in [0, 0.1) is 11.3 Å². The molecule has 3 heterocycles. The lowest BCUT2D eigenvalue weighted by Crippen LogP contribution is -2.79.